The summed E-state index contributed by atoms with van der Waals surface area (Å²) in [5, 5.41) is 11.9. The van der Waals surface area contributed by atoms with Crippen molar-refractivity contribution in [3.8, 4) is 22.4 Å². The van der Waals surface area contributed by atoms with E-state index in [1.54, 1.807) is 12.1 Å². The van der Waals surface area contributed by atoms with Crippen molar-refractivity contribution < 1.29 is 4.92 Å². The van der Waals surface area contributed by atoms with Crippen LogP contribution in [0, 0.1) is 10.1 Å². The predicted octanol–water partition coefficient (Wildman–Crippen LogP) is 5.48. The maximum atomic E-state index is 11.2. The summed E-state index contributed by atoms with van der Waals surface area (Å²) in [5.41, 5.74) is 10.9. The second-order valence-electron chi connectivity index (χ2n) is 6.01. The molecule has 0 saturated heterocycles. The van der Waals surface area contributed by atoms with Gasteiger partial charge >= 0.3 is 0 Å². The summed E-state index contributed by atoms with van der Waals surface area (Å²) < 4.78 is 0. The lowest BCUT2D eigenvalue weighted by Crippen LogP contribution is -1.93. The Morgan fingerprint density at radius 2 is 1.59 bits per heavy atom. The van der Waals surface area contributed by atoms with E-state index in [2.05, 4.69) is 0 Å². The zero-order valence-corrected chi connectivity index (χ0v) is 15.0. The van der Waals surface area contributed by atoms with Crippen LogP contribution >= 0.6 is 12.4 Å². The van der Waals surface area contributed by atoms with Crippen molar-refractivity contribution >= 4 is 34.7 Å². The molecule has 0 aliphatic carbocycles. The Balaban J connectivity index is 0.00000210. The molecule has 0 unspecified atom stereocenters. The average Bonchev–Trinajstić information content (AvgIpc) is 2.67. The largest absolute Gasteiger partial charge is 0.399 e. The van der Waals surface area contributed by atoms with Gasteiger partial charge in [-0.25, -0.2) is 4.98 Å². The van der Waals surface area contributed by atoms with Crippen LogP contribution in [0.5, 0.6) is 0 Å². The lowest BCUT2D eigenvalue weighted by atomic mass is 9.98. The Labute approximate surface area is 162 Å². The number of pyridine rings is 1. The molecule has 6 heteroatoms. The van der Waals surface area contributed by atoms with Crippen LogP contribution in [-0.2, 0) is 0 Å². The van der Waals surface area contributed by atoms with E-state index in [9.17, 15) is 10.1 Å². The van der Waals surface area contributed by atoms with Crippen LogP contribution in [0.2, 0.25) is 0 Å². The molecule has 0 radical (unpaired) electrons. The fourth-order valence-corrected chi connectivity index (χ4v) is 3.03. The van der Waals surface area contributed by atoms with Crippen LogP contribution in [0.1, 0.15) is 0 Å². The number of nitro benzene ring substituents is 1. The molecule has 4 rings (SSSR count). The fraction of sp³-hybridized carbons (Fsp3) is 0. The molecule has 0 spiro atoms. The quantitative estimate of drug-likeness (QED) is 0.291. The van der Waals surface area contributed by atoms with Crippen LogP contribution < -0.4 is 5.73 Å². The SMILES string of the molecule is Cl.Nc1cccc(-c2cc(-c3ccccc3)c3cc([N+](=O)[O-])ccc3n2)c1. The molecule has 0 aliphatic rings. The van der Waals surface area contributed by atoms with E-state index < -0.39 is 0 Å². The summed E-state index contributed by atoms with van der Waals surface area (Å²) in [6.07, 6.45) is 0. The van der Waals surface area contributed by atoms with E-state index in [-0.39, 0.29) is 23.0 Å². The van der Waals surface area contributed by atoms with Gasteiger partial charge in [-0.15, -0.1) is 12.4 Å². The number of nitrogen functional groups attached to an aromatic ring is 1. The molecule has 0 amide bonds. The van der Waals surface area contributed by atoms with Crippen molar-refractivity contribution in [2.45, 2.75) is 0 Å². The van der Waals surface area contributed by atoms with Gasteiger partial charge in [-0.05, 0) is 35.4 Å². The highest BCUT2D eigenvalue weighted by atomic mass is 35.5. The highest BCUT2D eigenvalue weighted by molar-refractivity contribution is 5.98. The lowest BCUT2D eigenvalue weighted by molar-refractivity contribution is -0.384. The number of anilines is 1. The number of aromatic nitrogens is 1. The van der Waals surface area contributed by atoms with Gasteiger partial charge in [0.2, 0.25) is 0 Å². The molecule has 3 aromatic carbocycles. The van der Waals surface area contributed by atoms with Crippen molar-refractivity contribution in [1.82, 2.24) is 4.98 Å². The van der Waals surface area contributed by atoms with Gasteiger partial charge in [0, 0.05) is 28.8 Å². The lowest BCUT2D eigenvalue weighted by Gasteiger charge is -2.11. The first-order chi connectivity index (χ1) is 12.6. The van der Waals surface area contributed by atoms with Crippen LogP contribution in [-0.4, -0.2) is 9.91 Å². The number of rotatable bonds is 3. The van der Waals surface area contributed by atoms with Crippen molar-refractivity contribution in [3.63, 3.8) is 0 Å². The van der Waals surface area contributed by atoms with Crippen molar-refractivity contribution in [2.75, 3.05) is 5.73 Å². The molecular formula is C21H16ClN3O2. The number of halogens is 1. The average molecular weight is 378 g/mol. The summed E-state index contributed by atoms with van der Waals surface area (Å²) in [7, 11) is 0. The third-order valence-electron chi connectivity index (χ3n) is 4.27. The fourth-order valence-electron chi connectivity index (χ4n) is 3.03. The van der Waals surface area contributed by atoms with Gasteiger partial charge in [0.15, 0.2) is 0 Å². The van der Waals surface area contributed by atoms with Gasteiger partial charge < -0.3 is 5.73 Å². The molecule has 0 fully saturated rings. The van der Waals surface area contributed by atoms with E-state index in [1.165, 1.54) is 6.07 Å². The first-order valence-electron chi connectivity index (χ1n) is 8.12. The van der Waals surface area contributed by atoms with E-state index in [1.807, 2.05) is 60.7 Å². The minimum atomic E-state index is -0.389. The van der Waals surface area contributed by atoms with Crippen LogP contribution in [0.3, 0.4) is 0 Å². The second kappa shape index (κ2) is 7.43. The summed E-state index contributed by atoms with van der Waals surface area (Å²) in [5.74, 6) is 0. The summed E-state index contributed by atoms with van der Waals surface area (Å²) >= 11 is 0. The van der Waals surface area contributed by atoms with Gasteiger partial charge in [-0.1, -0.05) is 42.5 Å². The number of non-ortho nitro benzene ring substituents is 1. The number of hydrogen-bond acceptors (Lipinski definition) is 4. The molecule has 0 atom stereocenters. The molecule has 0 bridgehead atoms. The van der Waals surface area contributed by atoms with Gasteiger partial charge in [0.1, 0.15) is 0 Å². The number of nitrogens with two attached hydrogens (primary N) is 1. The molecule has 1 heterocycles. The van der Waals surface area contributed by atoms with Gasteiger partial charge in [-0.3, -0.25) is 10.1 Å². The number of fused-ring (bicyclic) bond motifs is 1. The monoisotopic (exact) mass is 377 g/mol. The van der Waals surface area contributed by atoms with Gasteiger partial charge in [0.25, 0.3) is 5.69 Å². The topological polar surface area (TPSA) is 82.0 Å². The predicted molar refractivity (Wildman–Crippen MR) is 111 cm³/mol. The third kappa shape index (κ3) is 3.59. The van der Waals surface area contributed by atoms with E-state index in [0.717, 1.165) is 27.8 Å². The first kappa shape index (κ1) is 18.4. The normalized spacial score (nSPS) is 10.4. The molecule has 5 nitrogen and oxygen atoms in total. The molecule has 1 aromatic heterocycles. The molecule has 0 aliphatic heterocycles. The standard InChI is InChI=1S/C21H15N3O2.ClH/c22-16-8-4-7-15(11-16)21-13-18(14-5-2-1-3-6-14)19-12-17(24(25)26)9-10-20(19)23-21;/h1-13H,22H2;1H. The van der Waals surface area contributed by atoms with Crippen molar-refractivity contribution in [1.29, 1.82) is 0 Å². The zero-order valence-electron chi connectivity index (χ0n) is 14.2. The number of nitro groups is 1. The highest BCUT2D eigenvalue weighted by Gasteiger charge is 2.13. The first-order valence-corrected chi connectivity index (χ1v) is 8.12. The summed E-state index contributed by atoms with van der Waals surface area (Å²) in [6.45, 7) is 0. The maximum absolute atomic E-state index is 11.2. The Morgan fingerprint density at radius 3 is 2.30 bits per heavy atom. The zero-order chi connectivity index (χ0) is 18.1. The minimum Gasteiger partial charge on any atom is -0.399 e. The summed E-state index contributed by atoms with van der Waals surface area (Å²) in [6, 6.07) is 24.0. The molecule has 27 heavy (non-hydrogen) atoms. The Morgan fingerprint density at radius 1 is 0.852 bits per heavy atom. The van der Waals surface area contributed by atoms with E-state index >= 15 is 0 Å². The third-order valence-corrected chi connectivity index (χ3v) is 4.27. The minimum absolute atomic E-state index is 0. The Kier molecular flexibility index (Phi) is 5.05. The maximum Gasteiger partial charge on any atom is 0.270 e. The number of hydrogen-bond donors (Lipinski definition) is 1. The second-order valence-corrected chi connectivity index (χ2v) is 6.01. The van der Waals surface area contributed by atoms with E-state index in [4.69, 9.17) is 10.7 Å². The number of benzene rings is 3. The molecule has 4 aromatic rings. The molecule has 0 saturated carbocycles. The van der Waals surface area contributed by atoms with Gasteiger partial charge in [-0.2, -0.15) is 0 Å². The van der Waals surface area contributed by atoms with Crippen LogP contribution in [0.15, 0.2) is 78.9 Å². The Hall–Kier alpha value is -3.44. The molecular weight excluding hydrogens is 362 g/mol. The van der Waals surface area contributed by atoms with E-state index in [0.29, 0.717) is 11.2 Å². The summed E-state index contributed by atoms with van der Waals surface area (Å²) in [4.78, 5) is 15.5. The Bertz CT molecular complexity index is 1130. The van der Waals surface area contributed by atoms with Crippen molar-refractivity contribution in [3.05, 3.63) is 89.0 Å². The van der Waals surface area contributed by atoms with Crippen LogP contribution in [0.25, 0.3) is 33.3 Å². The molecule has 2 N–H and O–H groups in total. The number of nitrogens with zero attached hydrogens (tertiary/aromatic N) is 2. The smallest absolute Gasteiger partial charge is 0.270 e. The van der Waals surface area contributed by atoms with Crippen molar-refractivity contribution in [2.24, 2.45) is 0 Å². The van der Waals surface area contributed by atoms with Crippen LogP contribution in [0.4, 0.5) is 11.4 Å². The van der Waals surface area contributed by atoms with Gasteiger partial charge in [0.05, 0.1) is 16.1 Å². The highest BCUT2D eigenvalue weighted by Crippen LogP contribution is 2.34. The molecule has 134 valence electrons.